The summed E-state index contributed by atoms with van der Waals surface area (Å²) in [6.07, 6.45) is 4.51. The summed E-state index contributed by atoms with van der Waals surface area (Å²) in [5, 5.41) is 0. The molecule has 2 saturated heterocycles. The van der Waals surface area contributed by atoms with E-state index in [2.05, 4.69) is 24.3 Å². The predicted molar refractivity (Wildman–Crippen MR) is 133 cm³/mol. The van der Waals surface area contributed by atoms with Crippen molar-refractivity contribution in [1.29, 1.82) is 0 Å². The second-order valence-corrected chi connectivity index (χ2v) is 11.5. The number of amides is 1. The first-order chi connectivity index (χ1) is 16.4. The molecule has 0 spiro atoms. The van der Waals surface area contributed by atoms with Crippen molar-refractivity contribution in [2.75, 3.05) is 32.8 Å². The summed E-state index contributed by atoms with van der Waals surface area (Å²) >= 11 is 0. The Morgan fingerprint density at radius 2 is 1.76 bits per heavy atom. The maximum atomic E-state index is 13.3. The standard InChI is InChI=1S/C27H36N2O4S/c1-3-33-26-12-11-25(18-21(26)2)34(31,32)29-15-7-10-24(20-29)27(30)28-16-13-23(14-17-28)19-22-8-5-4-6-9-22/h4-6,8-9,11-12,18,23-24H,3,7,10,13-17,19-20H2,1-2H3/t24-/m0/s1. The van der Waals surface area contributed by atoms with Crippen LogP contribution in [0.15, 0.2) is 53.4 Å². The molecule has 2 fully saturated rings. The molecule has 0 N–H and O–H groups in total. The Morgan fingerprint density at radius 1 is 1.03 bits per heavy atom. The van der Waals surface area contributed by atoms with Gasteiger partial charge < -0.3 is 9.64 Å². The molecule has 0 bridgehead atoms. The lowest BCUT2D eigenvalue weighted by Gasteiger charge is -2.37. The van der Waals surface area contributed by atoms with E-state index in [1.807, 2.05) is 24.8 Å². The number of hydrogen-bond acceptors (Lipinski definition) is 4. The van der Waals surface area contributed by atoms with Crippen LogP contribution in [0.4, 0.5) is 0 Å². The van der Waals surface area contributed by atoms with Crippen LogP contribution in [-0.4, -0.2) is 56.3 Å². The van der Waals surface area contributed by atoms with E-state index in [0.29, 0.717) is 31.2 Å². The zero-order valence-electron chi connectivity index (χ0n) is 20.3. The Balaban J connectivity index is 1.36. The molecule has 0 radical (unpaired) electrons. The monoisotopic (exact) mass is 484 g/mol. The maximum absolute atomic E-state index is 13.3. The number of rotatable bonds is 7. The first kappa shape index (κ1) is 24.7. The number of carbonyl (C=O) groups is 1. The minimum absolute atomic E-state index is 0.112. The summed E-state index contributed by atoms with van der Waals surface area (Å²) in [7, 11) is -3.65. The lowest BCUT2D eigenvalue weighted by molar-refractivity contribution is -0.138. The normalized spacial score (nSPS) is 20.3. The molecule has 2 aliphatic heterocycles. The molecule has 1 amide bonds. The van der Waals surface area contributed by atoms with Crippen molar-refractivity contribution in [3.63, 3.8) is 0 Å². The first-order valence-corrected chi connectivity index (χ1v) is 13.9. The fourth-order valence-corrected chi connectivity index (χ4v) is 6.78. The highest BCUT2D eigenvalue weighted by Crippen LogP contribution is 2.29. The Morgan fingerprint density at radius 3 is 2.44 bits per heavy atom. The second-order valence-electron chi connectivity index (χ2n) is 9.52. The largest absolute Gasteiger partial charge is 0.494 e. The number of carbonyl (C=O) groups excluding carboxylic acids is 1. The molecule has 1 atom stereocenters. The Bertz CT molecular complexity index is 1080. The number of ether oxygens (including phenoxy) is 1. The fourth-order valence-electron chi connectivity index (χ4n) is 5.17. The van der Waals surface area contributed by atoms with E-state index in [9.17, 15) is 13.2 Å². The summed E-state index contributed by atoms with van der Waals surface area (Å²) in [5.74, 6) is 1.14. The van der Waals surface area contributed by atoms with Crippen molar-refractivity contribution >= 4 is 15.9 Å². The number of hydrogen-bond donors (Lipinski definition) is 0. The van der Waals surface area contributed by atoms with Gasteiger partial charge in [0.1, 0.15) is 5.75 Å². The van der Waals surface area contributed by atoms with Crippen LogP contribution in [0.5, 0.6) is 5.75 Å². The van der Waals surface area contributed by atoms with Gasteiger partial charge in [-0.2, -0.15) is 4.31 Å². The molecule has 184 valence electrons. The molecule has 2 aromatic carbocycles. The molecular weight excluding hydrogens is 448 g/mol. The third-order valence-corrected chi connectivity index (χ3v) is 8.97. The number of nitrogens with zero attached hydrogens (tertiary/aromatic N) is 2. The van der Waals surface area contributed by atoms with Crippen LogP contribution >= 0.6 is 0 Å². The SMILES string of the molecule is CCOc1ccc(S(=O)(=O)N2CCC[C@H](C(=O)N3CCC(Cc4ccccc4)CC3)C2)cc1C. The molecule has 34 heavy (non-hydrogen) atoms. The van der Waals surface area contributed by atoms with Crippen molar-refractivity contribution in [3.8, 4) is 5.75 Å². The minimum Gasteiger partial charge on any atom is -0.494 e. The number of likely N-dealkylation sites (tertiary alicyclic amines) is 1. The van der Waals surface area contributed by atoms with Gasteiger partial charge in [-0.15, -0.1) is 0 Å². The smallest absolute Gasteiger partial charge is 0.243 e. The van der Waals surface area contributed by atoms with E-state index in [1.54, 1.807) is 18.2 Å². The molecule has 0 aliphatic carbocycles. The zero-order valence-corrected chi connectivity index (χ0v) is 21.1. The molecule has 0 aromatic heterocycles. The van der Waals surface area contributed by atoms with Crippen molar-refractivity contribution in [2.45, 2.75) is 50.8 Å². The van der Waals surface area contributed by atoms with Gasteiger partial charge in [0.2, 0.25) is 15.9 Å². The Labute approximate surface area is 204 Å². The van der Waals surface area contributed by atoms with Crippen LogP contribution in [0.25, 0.3) is 0 Å². The molecule has 7 heteroatoms. The first-order valence-electron chi connectivity index (χ1n) is 12.4. The summed E-state index contributed by atoms with van der Waals surface area (Å²) < 4.78 is 33.7. The summed E-state index contributed by atoms with van der Waals surface area (Å²) in [4.78, 5) is 15.5. The molecule has 4 rings (SSSR count). The van der Waals surface area contributed by atoms with Crippen LogP contribution in [0.2, 0.25) is 0 Å². The highest BCUT2D eigenvalue weighted by atomic mass is 32.2. The summed E-state index contributed by atoms with van der Waals surface area (Å²) in [6, 6.07) is 15.5. The Kier molecular flexibility index (Phi) is 7.94. The molecule has 0 unspecified atom stereocenters. The van der Waals surface area contributed by atoms with Gasteiger partial charge in [-0.3, -0.25) is 4.79 Å². The highest BCUT2D eigenvalue weighted by molar-refractivity contribution is 7.89. The lowest BCUT2D eigenvalue weighted by Crippen LogP contribution is -2.48. The molecule has 2 aromatic rings. The van der Waals surface area contributed by atoms with Crippen LogP contribution in [-0.2, 0) is 21.2 Å². The van der Waals surface area contributed by atoms with Crippen molar-refractivity contribution in [2.24, 2.45) is 11.8 Å². The van der Waals surface area contributed by atoms with Gasteiger partial charge in [0.15, 0.2) is 0 Å². The van der Waals surface area contributed by atoms with Gasteiger partial charge in [-0.1, -0.05) is 30.3 Å². The van der Waals surface area contributed by atoms with E-state index < -0.39 is 10.0 Å². The van der Waals surface area contributed by atoms with Gasteiger partial charge in [0.25, 0.3) is 0 Å². The summed E-state index contributed by atoms with van der Waals surface area (Å²) in [6.45, 7) is 6.53. The van der Waals surface area contributed by atoms with E-state index in [-0.39, 0.29) is 23.3 Å². The van der Waals surface area contributed by atoms with E-state index >= 15 is 0 Å². The second kappa shape index (κ2) is 10.9. The quantitative estimate of drug-likeness (QED) is 0.589. The molecule has 2 heterocycles. The van der Waals surface area contributed by atoms with Gasteiger partial charge in [0, 0.05) is 26.2 Å². The van der Waals surface area contributed by atoms with Gasteiger partial charge in [0.05, 0.1) is 17.4 Å². The van der Waals surface area contributed by atoms with Gasteiger partial charge in [-0.25, -0.2) is 8.42 Å². The van der Waals surface area contributed by atoms with Crippen molar-refractivity contribution in [3.05, 3.63) is 59.7 Å². The topological polar surface area (TPSA) is 66.9 Å². The van der Waals surface area contributed by atoms with E-state index in [0.717, 1.165) is 44.3 Å². The molecule has 0 saturated carbocycles. The van der Waals surface area contributed by atoms with Crippen molar-refractivity contribution in [1.82, 2.24) is 9.21 Å². The third-order valence-electron chi connectivity index (χ3n) is 7.11. The highest BCUT2D eigenvalue weighted by Gasteiger charge is 2.36. The number of benzene rings is 2. The number of sulfonamides is 1. The van der Waals surface area contributed by atoms with Crippen LogP contribution in [0.1, 0.15) is 43.7 Å². The average Bonchev–Trinajstić information content (AvgIpc) is 2.86. The molecule has 6 nitrogen and oxygen atoms in total. The van der Waals surface area contributed by atoms with Crippen LogP contribution in [0.3, 0.4) is 0 Å². The molecule has 2 aliphatic rings. The van der Waals surface area contributed by atoms with Crippen LogP contribution < -0.4 is 4.74 Å². The third kappa shape index (κ3) is 5.63. The van der Waals surface area contributed by atoms with Crippen LogP contribution in [0, 0.1) is 18.8 Å². The maximum Gasteiger partial charge on any atom is 0.243 e. The minimum atomic E-state index is -3.65. The number of aryl methyl sites for hydroxylation is 1. The summed E-state index contributed by atoms with van der Waals surface area (Å²) in [5.41, 5.74) is 2.15. The number of piperidine rings is 2. The van der Waals surface area contributed by atoms with E-state index in [1.165, 1.54) is 9.87 Å². The van der Waals surface area contributed by atoms with Crippen molar-refractivity contribution < 1.29 is 17.9 Å². The fraction of sp³-hybridized carbons (Fsp3) is 0.519. The van der Waals surface area contributed by atoms with E-state index in [4.69, 9.17) is 4.74 Å². The molecular formula is C27H36N2O4S. The predicted octanol–water partition coefficient (Wildman–Crippen LogP) is 4.28. The lowest BCUT2D eigenvalue weighted by atomic mass is 9.89. The van der Waals surface area contributed by atoms with Gasteiger partial charge in [-0.05, 0) is 81.2 Å². The average molecular weight is 485 g/mol. The Hall–Kier alpha value is -2.38. The van der Waals surface area contributed by atoms with Gasteiger partial charge >= 0.3 is 0 Å². The zero-order chi connectivity index (χ0) is 24.1.